The number of piperazine rings is 1. The van der Waals surface area contributed by atoms with Gasteiger partial charge in [0.25, 0.3) is 5.91 Å². The molecule has 4 aromatic rings. The summed E-state index contributed by atoms with van der Waals surface area (Å²) in [5, 5.41) is 10.9. The van der Waals surface area contributed by atoms with Gasteiger partial charge in [-0.1, -0.05) is 6.07 Å². The van der Waals surface area contributed by atoms with Gasteiger partial charge in [0.05, 0.1) is 23.1 Å². The number of hydrogen-bond acceptors (Lipinski definition) is 6. The molecule has 0 unspecified atom stereocenters. The Bertz CT molecular complexity index is 1400. The van der Waals surface area contributed by atoms with Crippen LogP contribution in [0.5, 0.6) is 0 Å². The first kappa shape index (κ1) is 20.7. The maximum Gasteiger partial charge on any atom is 0.254 e. The Labute approximate surface area is 198 Å². The Balaban J connectivity index is 1.37. The van der Waals surface area contributed by atoms with Crippen LogP contribution in [0.25, 0.3) is 22.2 Å². The molecule has 1 saturated heterocycles. The lowest BCUT2D eigenvalue weighted by Gasteiger charge is -2.29. The van der Waals surface area contributed by atoms with E-state index in [0.29, 0.717) is 12.1 Å². The van der Waals surface area contributed by atoms with Crippen LogP contribution in [0.3, 0.4) is 0 Å². The molecule has 0 radical (unpaired) electrons. The lowest BCUT2D eigenvalue weighted by atomic mass is 9.93. The van der Waals surface area contributed by atoms with Gasteiger partial charge >= 0.3 is 0 Å². The highest BCUT2D eigenvalue weighted by molar-refractivity contribution is 6.07. The third-order valence-corrected chi connectivity index (χ3v) is 6.80. The Morgan fingerprint density at radius 1 is 1.03 bits per heavy atom. The molecule has 0 bridgehead atoms. The van der Waals surface area contributed by atoms with E-state index in [1.54, 1.807) is 0 Å². The van der Waals surface area contributed by atoms with E-state index >= 15 is 0 Å². The van der Waals surface area contributed by atoms with E-state index in [1.807, 2.05) is 42.2 Å². The molecule has 1 aromatic carbocycles. The molecule has 0 saturated carbocycles. The minimum atomic E-state index is -0.0631. The zero-order chi connectivity index (χ0) is 23.2. The van der Waals surface area contributed by atoms with Crippen LogP contribution < -0.4 is 20.9 Å². The quantitative estimate of drug-likeness (QED) is 0.439. The largest absolute Gasteiger partial charge is 0.368 e. The lowest BCUT2D eigenvalue weighted by molar-refractivity contribution is 0.0966. The van der Waals surface area contributed by atoms with Crippen LogP contribution >= 0.6 is 0 Å². The van der Waals surface area contributed by atoms with Gasteiger partial charge in [-0.25, -0.2) is 9.97 Å². The first-order chi connectivity index (χ1) is 16.6. The lowest BCUT2D eigenvalue weighted by Crippen LogP contribution is -2.43. The van der Waals surface area contributed by atoms with E-state index in [-0.39, 0.29) is 5.91 Å². The van der Waals surface area contributed by atoms with E-state index in [2.05, 4.69) is 56.1 Å². The fraction of sp³-hybridized carbons (Fsp3) is 0.269. The number of nitrogens with zero attached hydrogens (tertiary/aromatic N) is 4. The Morgan fingerprint density at radius 3 is 2.68 bits per heavy atom. The van der Waals surface area contributed by atoms with Crippen LogP contribution in [-0.4, -0.2) is 46.6 Å². The van der Waals surface area contributed by atoms with Crippen molar-refractivity contribution in [2.24, 2.45) is 7.05 Å². The number of nitrogens with one attached hydrogen (secondary N) is 3. The molecule has 6 rings (SSSR count). The van der Waals surface area contributed by atoms with E-state index in [1.165, 1.54) is 5.56 Å². The Kier molecular flexibility index (Phi) is 4.95. The highest BCUT2D eigenvalue weighted by atomic mass is 16.1. The van der Waals surface area contributed by atoms with E-state index in [0.717, 1.165) is 71.1 Å². The molecule has 34 heavy (non-hydrogen) atoms. The summed E-state index contributed by atoms with van der Waals surface area (Å²) in [5.41, 5.74) is 7.84. The molecule has 2 aliphatic rings. The molecule has 3 aromatic heterocycles. The zero-order valence-electron chi connectivity index (χ0n) is 19.4. The van der Waals surface area contributed by atoms with Gasteiger partial charge in [-0.15, -0.1) is 0 Å². The van der Waals surface area contributed by atoms with Crippen molar-refractivity contribution in [2.75, 3.05) is 36.4 Å². The SMILES string of the molecule is Cc1cn(C)c2nccc(-c3ccc(Nc4ccc(N5CCNCC5)cn4)c4c3CNC4=O)c12. The minimum Gasteiger partial charge on any atom is -0.368 e. The summed E-state index contributed by atoms with van der Waals surface area (Å²) < 4.78 is 2.05. The molecule has 2 aliphatic heterocycles. The third kappa shape index (κ3) is 3.38. The van der Waals surface area contributed by atoms with Crippen LogP contribution in [0.15, 0.2) is 48.9 Å². The van der Waals surface area contributed by atoms with Crippen molar-refractivity contribution in [3.8, 4) is 11.1 Å². The van der Waals surface area contributed by atoms with Crippen LogP contribution in [0, 0.1) is 6.92 Å². The number of fused-ring (bicyclic) bond motifs is 2. The highest BCUT2D eigenvalue weighted by Crippen LogP contribution is 2.38. The van der Waals surface area contributed by atoms with Crippen molar-refractivity contribution in [3.05, 3.63) is 65.6 Å². The van der Waals surface area contributed by atoms with Crippen molar-refractivity contribution in [1.82, 2.24) is 25.2 Å². The van der Waals surface area contributed by atoms with Crippen LogP contribution in [-0.2, 0) is 13.6 Å². The number of aromatic nitrogens is 3. The number of anilines is 3. The van der Waals surface area contributed by atoms with Gasteiger partial charge in [0.1, 0.15) is 11.5 Å². The summed E-state index contributed by atoms with van der Waals surface area (Å²) in [4.78, 5) is 24.4. The van der Waals surface area contributed by atoms with Crippen molar-refractivity contribution in [3.63, 3.8) is 0 Å². The molecular formula is C26H27N7O. The molecular weight excluding hydrogens is 426 g/mol. The Morgan fingerprint density at radius 2 is 1.88 bits per heavy atom. The monoisotopic (exact) mass is 453 g/mol. The van der Waals surface area contributed by atoms with Gasteiger partial charge in [0, 0.05) is 57.6 Å². The number of carbonyl (C=O) groups is 1. The molecule has 3 N–H and O–H groups in total. The fourth-order valence-electron chi connectivity index (χ4n) is 5.16. The molecule has 0 spiro atoms. The Hall–Kier alpha value is -3.91. The molecule has 0 atom stereocenters. The molecule has 172 valence electrons. The third-order valence-electron chi connectivity index (χ3n) is 6.80. The predicted octanol–water partition coefficient (Wildman–Crippen LogP) is 3.34. The molecule has 1 amide bonds. The van der Waals surface area contributed by atoms with Crippen molar-refractivity contribution >= 4 is 34.1 Å². The molecule has 5 heterocycles. The summed E-state index contributed by atoms with van der Waals surface area (Å²) in [6.45, 7) is 6.53. The summed E-state index contributed by atoms with van der Waals surface area (Å²) >= 11 is 0. The van der Waals surface area contributed by atoms with Crippen LogP contribution in [0.2, 0.25) is 0 Å². The second kappa shape index (κ2) is 8.14. The standard InChI is InChI=1S/C26H27N7O/c1-16-15-32(2)25-23(16)19(7-8-28-25)18-4-5-21(24-20(18)14-30-26(24)34)31-22-6-3-17(13-29-22)33-11-9-27-10-12-33/h3-8,13,15,27H,9-12,14H2,1-2H3,(H,29,31)(H,30,34). The normalized spacial score (nSPS) is 15.5. The zero-order valence-corrected chi connectivity index (χ0v) is 19.4. The van der Waals surface area contributed by atoms with Gasteiger partial charge in [0.2, 0.25) is 0 Å². The number of pyridine rings is 2. The predicted molar refractivity (Wildman–Crippen MR) is 135 cm³/mol. The second-order valence-corrected chi connectivity index (χ2v) is 8.94. The number of rotatable bonds is 4. The average Bonchev–Trinajstić information content (AvgIpc) is 3.40. The van der Waals surface area contributed by atoms with E-state index in [9.17, 15) is 4.79 Å². The first-order valence-corrected chi connectivity index (χ1v) is 11.6. The van der Waals surface area contributed by atoms with E-state index in [4.69, 9.17) is 0 Å². The first-order valence-electron chi connectivity index (χ1n) is 11.6. The summed E-state index contributed by atoms with van der Waals surface area (Å²) in [5.74, 6) is 0.658. The van der Waals surface area contributed by atoms with Gasteiger partial charge in [-0.05, 0) is 53.4 Å². The molecule has 8 nitrogen and oxygen atoms in total. The maximum absolute atomic E-state index is 12.9. The number of carbonyl (C=O) groups excluding carboxylic acids is 1. The topological polar surface area (TPSA) is 87.1 Å². The summed E-state index contributed by atoms with van der Waals surface area (Å²) in [6.07, 6.45) is 5.83. The average molecular weight is 454 g/mol. The van der Waals surface area contributed by atoms with Crippen molar-refractivity contribution in [2.45, 2.75) is 13.5 Å². The molecule has 8 heteroatoms. The minimum absolute atomic E-state index is 0.0631. The smallest absolute Gasteiger partial charge is 0.254 e. The summed E-state index contributed by atoms with van der Waals surface area (Å²) in [7, 11) is 2.01. The van der Waals surface area contributed by atoms with Gasteiger partial charge in [-0.3, -0.25) is 4.79 Å². The van der Waals surface area contributed by atoms with Crippen LogP contribution in [0.1, 0.15) is 21.5 Å². The molecule has 0 aliphatic carbocycles. The number of hydrogen-bond donors (Lipinski definition) is 3. The van der Waals surface area contributed by atoms with Gasteiger partial charge in [-0.2, -0.15) is 0 Å². The summed E-state index contributed by atoms with van der Waals surface area (Å²) in [6, 6.07) is 10.2. The fourth-order valence-corrected chi connectivity index (χ4v) is 5.16. The highest BCUT2D eigenvalue weighted by Gasteiger charge is 2.27. The number of benzene rings is 1. The number of amides is 1. The molecule has 1 fully saturated rings. The van der Waals surface area contributed by atoms with Gasteiger partial charge in [0.15, 0.2) is 0 Å². The van der Waals surface area contributed by atoms with E-state index < -0.39 is 0 Å². The van der Waals surface area contributed by atoms with Crippen molar-refractivity contribution in [1.29, 1.82) is 0 Å². The second-order valence-electron chi connectivity index (χ2n) is 8.94. The van der Waals surface area contributed by atoms with Gasteiger partial charge < -0.3 is 25.4 Å². The van der Waals surface area contributed by atoms with Crippen molar-refractivity contribution < 1.29 is 4.79 Å². The van der Waals surface area contributed by atoms with Crippen LogP contribution in [0.4, 0.5) is 17.2 Å². The maximum atomic E-state index is 12.9. The number of aryl methyl sites for hydroxylation is 2.